The molecule has 1 saturated heterocycles. The largest absolute Gasteiger partial charge is 0.490 e. The summed E-state index contributed by atoms with van der Waals surface area (Å²) in [7, 11) is -16.9. The van der Waals surface area contributed by atoms with Crippen molar-refractivity contribution in [2.45, 2.75) is 24.5 Å². The number of nitrogens with one attached hydrogen (secondary N) is 1. The third kappa shape index (κ3) is 6.02. The van der Waals surface area contributed by atoms with Crippen LogP contribution in [0.4, 0.5) is 5.95 Å². The van der Waals surface area contributed by atoms with Crippen LogP contribution in [0.5, 0.6) is 0 Å². The molecule has 1 fully saturated rings. The number of anilines is 1. The Morgan fingerprint density at radius 1 is 1.09 bits per heavy atom. The van der Waals surface area contributed by atoms with Gasteiger partial charge in [0, 0.05) is 0 Å². The molecule has 0 saturated carbocycles. The van der Waals surface area contributed by atoms with Crippen LogP contribution >= 0.6 is 34.8 Å². The number of hydrogen-bond donors (Lipinski definition) is 8. The molecule has 186 valence electrons. The van der Waals surface area contributed by atoms with Gasteiger partial charge < -0.3 is 40.3 Å². The number of ether oxygens (including phenoxy) is 1. The van der Waals surface area contributed by atoms with Crippen molar-refractivity contribution in [1.82, 2.24) is 14.5 Å². The van der Waals surface area contributed by atoms with Gasteiger partial charge in [0.05, 0.1) is 6.61 Å². The lowest BCUT2D eigenvalue weighted by Gasteiger charge is -2.19. The summed E-state index contributed by atoms with van der Waals surface area (Å²) in [4.78, 5) is 65.0. The number of phosphoric ester groups is 1. The highest BCUT2D eigenvalue weighted by atomic mass is 32.1. The number of thiazole rings is 1. The van der Waals surface area contributed by atoms with E-state index in [0.29, 0.717) is 15.9 Å². The second kappa shape index (κ2) is 9.03. The van der Waals surface area contributed by atoms with E-state index in [9.17, 15) is 38.4 Å². The monoisotopic (exact) mass is 556 g/mol. The van der Waals surface area contributed by atoms with Crippen molar-refractivity contribution in [2.24, 2.45) is 0 Å². The van der Waals surface area contributed by atoms with E-state index in [2.05, 4.69) is 23.1 Å². The van der Waals surface area contributed by atoms with E-state index in [0.717, 1.165) is 0 Å². The topological polar surface area (TPSA) is 303 Å². The van der Waals surface area contributed by atoms with Gasteiger partial charge >= 0.3 is 28.3 Å². The molecule has 33 heavy (non-hydrogen) atoms. The molecule has 3 heterocycles. The minimum absolute atomic E-state index is 0.170. The Balaban J connectivity index is 1.78. The van der Waals surface area contributed by atoms with Crippen LogP contribution in [-0.4, -0.2) is 69.2 Å². The number of fused-ring (bicyclic) bond motifs is 1. The summed E-state index contributed by atoms with van der Waals surface area (Å²) in [5, 5.41) is 20.4. The maximum absolute atomic E-state index is 12.3. The average molecular weight is 556 g/mol. The maximum atomic E-state index is 12.3. The first-order valence-corrected chi connectivity index (χ1v) is 13.5. The summed E-state index contributed by atoms with van der Waals surface area (Å²) in [5.41, 5.74) is 4.41. The Morgan fingerprint density at radius 3 is 2.33 bits per heavy atom. The zero-order valence-corrected chi connectivity index (χ0v) is 19.1. The number of aliphatic hydroxyl groups is 2. The van der Waals surface area contributed by atoms with Crippen LogP contribution in [0.3, 0.4) is 0 Å². The summed E-state index contributed by atoms with van der Waals surface area (Å²) < 4.78 is 51.0. The molecule has 0 bridgehead atoms. The molecule has 6 atom stereocenters. The molecule has 19 nitrogen and oxygen atoms in total. The Bertz CT molecular complexity index is 1320. The number of phosphoric acid groups is 3. The number of H-pyrrole nitrogens is 1. The normalized spacial score (nSPS) is 27.5. The first kappa shape index (κ1) is 26.3. The molecule has 0 amide bonds. The molecule has 1 aliphatic heterocycles. The molecule has 2 aromatic heterocycles. The highest BCUT2D eigenvalue weighted by molar-refractivity contribution is 7.66. The van der Waals surface area contributed by atoms with E-state index >= 15 is 0 Å². The molecular formula is C10H15N4O15P3S. The van der Waals surface area contributed by atoms with Gasteiger partial charge in [-0.15, -0.1) is 0 Å². The van der Waals surface area contributed by atoms with Crippen molar-refractivity contribution in [2.75, 3.05) is 12.3 Å². The molecule has 3 rings (SSSR count). The summed E-state index contributed by atoms with van der Waals surface area (Å²) >= 11 is 0.434. The molecule has 0 aromatic carbocycles. The smallest absolute Gasteiger partial charge is 0.387 e. The summed E-state index contributed by atoms with van der Waals surface area (Å²) in [6.45, 7) is -1.09. The number of rotatable bonds is 8. The van der Waals surface area contributed by atoms with E-state index < -0.39 is 65.0 Å². The van der Waals surface area contributed by atoms with Gasteiger partial charge in [-0.2, -0.15) is 13.6 Å². The summed E-state index contributed by atoms with van der Waals surface area (Å²) in [6.07, 6.45) is -7.01. The van der Waals surface area contributed by atoms with Crippen molar-refractivity contribution >= 4 is 51.1 Å². The lowest BCUT2D eigenvalue weighted by atomic mass is 10.1. The quantitative estimate of drug-likeness (QED) is 0.158. The SMILES string of the molecule is Nc1nc2c(sc(=O)n2[C@@H]2O[C@H](COP(=O)(O)OP(=O)(O)OP(=O)(O)O)[C@@H](O)[C@H]2O)c(=O)[nH]1. The first-order valence-electron chi connectivity index (χ1n) is 8.20. The number of hydrogen-bond acceptors (Lipinski definition) is 14. The van der Waals surface area contributed by atoms with Gasteiger partial charge in [-0.05, 0) is 0 Å². The Kier molecular flexibility index (Phi) is 7.19. The van der Waals surface area contributed by atoms with Gasteiger partial charge in [0.25, 0.3) is 5.56 Å². The molecule has 23 heteroatoms. The Hall–Kier alpha value is -1.34. The molecule has 2 aromatic rings. The predicted molar refractivity (Wildman–Crippen MR) is 105 cm³/mol. The van der Waals surface area contributed by atoms with Crippen LogP contribution in [0, 0.1) is 0 Å². The van der Waals surface area contributed by atoms with E-state index in [1.165, 1.54) is 0 Å². The number of nitrogens with zero attached hydrogens (tertiary/aromatic N) is 2. The molecule has 0 radical (unpaired) electrons. The minimum Gasteiger partial charge on any atom is -0.387 e. The van der Waals surface area contributed by atoms with Crippen molar-refractivity contribution in [3.8, 4) is 0 Å². The lowest BCUT2D eigenvalue weighted by Crippen LogP contribution is -2.34. The van der Waals surface area contributed by atoms with Crippen molar-refractivity contribution in [1.29, 1.82) is 0 Å². The Morgan fingerprint density at radius 2 is 1.73 bits per heavy atom. The third-order valence-corrected chi connectivity index (χ3v) is 8.65. The van der Waals surface area contributed by atoms with E-state index in [1.807, 2.05) is 0 Å². The van der Waals surface area contributed by atoms with Gasteiger partial charge in [-0.25, -0.2) is 13.7 Å². The van der Waals surface area contributed by atoms with Crippen LogP contribution in [-0.2, 0) is 31.6 Å². The van der Waals surface area contributed by atoms with Crippen LogP contribution < -0.4 is 16.2 Å². The molecule has 2 unspecified atom stereocenters. The van der Waals surface area contributed by atoms with Gasteiger partial charge in [-0.1, -0.05) is 11.3 Å². The molecular weight excluding hydrogens is 541 g/mol. The number of aromatic nitrogens is 3. The second-order valence-electron chi connectivity index (χ2n) is 6.27. The van der Waals surface area contributed by atoms with Crippen LogP contribution in [0.25, 0.3) is 10.3 Å². The highest BCUT2D eigenvalue weighted by Gasteiger charge is 2.47. The van der Waals surface area contributed by atoms with Crippen LogP contribution in [0.2, 0.25) is 0 Å². The van der Waals surface area contributed by atoms with Gasteiger partial charge in [0.2, 0.25) is 5.95 Å². The lowest BCUT2D eigenvalue weighted by molar-refractivity contribution is -0.0510. The highest BCUT2D eigenvalue weighted by Crippen LogP contribution is 2.66. The number of nitrogen functional groups attached to an aromatic ring is 1. The number of aliphatic hydroxyl groups excluding tert-OH is 2. The average Bonchev–Trinajstić information content (AvgIpc) is 3.07. The fourth-order valence-corrected chi connectivity index (χ4v) is 6.59. The summed E-state index contributed by atoms with van der Waals surface area (Å²) in [5.74, 6) is -0.365. The van der Waals surface area contributed by atoms with Crippen molar-refractivity contribution in [3.63, 3.8) is 0 Å². The van der Waals surface area contributed by atoms with E-state index in [1.54, 1.807) is 0 Å². The zero-order chi connectivity index (χ0) is 24.9. The first-order chi connectivity index (χ1) is 15.0. The fraction of sp³-hybridized carbons (Fsp3) is 0.500. The maximum Gasteiger partial charge on any atom is 0.490 e. The second-order valence-corrected chi connectivity index (χ2v) is 11.7. The summed E-state index contributed by atoms with van der Waals surface area (Å²) in [6, 6.07) is 0. The van der Waals surface area contributed by atoms with Crippen molar-refractivity contribution < 1.29 is 61.4 Å². The van der Waals surface area contributed by atoms with E-state index in [-0.39, 0.29) is 16.3 Å². The fourth-order valence-electron chi connectivity index (χ4n) is 2.72. The molecule has 0 aliphatic carbocycles. The van der Waals surface area contributed by atoms with E-state index in [4.69, 9.17) is 25.2 Å². The molecule has 9 N–H and O–H groups in total. The standard InChI is InChI=1S/C10H15N4O15P3S/c11-9-12-6-5(7(17)13-9)33-10(18)14(6)8-4(16)3(15)2(27-8)1-26-31(22,23)29-32(24,25)28-30(19,20)21/h2-4,8,15-16H,1H2,(H,22,23)(H,24,25)(H2,19,20,21)(H3,11,12,13,17)/t2-,3-,4-,8-/m1/s1. The van der Waals surface area contributed by atoms with Crippen molar-refractivity contribution in [3.05, 3.63) is 20.0 Å². The number of aromatic amines is 1. The van der Waals surface area contributed by atoms with Crippen LogP contribution in [0.15, 0.2) is 9.59 Å². The third-order valence-electron chi connectivity index (χ3n) is 3.90. The predicted octanol–water partition coefficient (Wildman–Crippen LogP) is -2.31. The molecule has 0 spiro atoms. The van der Waals surface area contributed by atoms with Gasteiger partial charge in [0.15, 0.2) is 11.9 Å². The van der Waals surface area contributed by atoms with Gasteiger partial charge in [-0.3, -0.25) is 23.7 Å². The Labute approximate surface area is 184 Å². The van der Waals surface area contributed by atoms with Crippen LogP contribution in [0.1, 0.15) is 6.23 Å². The van der Waals surface area contributed by atoms with Gasteiger partial charge in [0.1, 0.15) is 23.0 Å². The number of nitrogens with two attached hydrogens (primary N) is 1. The molecule has 1 aliphatic rings. The minimum atomic E-state index is -5.77. The zero-order valence-electron chi connectivity index (χ0n) is 15.6.